The highest BCUT2D eigenvalue weighted by Crippen LogP contribution is 2.26. The average Bonchev–Trinajstić information content (AvgIpc) is 2.77. The van der Waals surface area contributed by atoms with E-state index >= 15 is 0 Å². The van der Waals surface area contributed by atoms with E-state index < -0.39 is 6.09 Å². The third-order valence-corrected chi connectivity index (χ3v) is 3.98. The largest absolute Gasteiger partial charge is 0.465 e. The van der Waals surface area contributed by atoms with Gasteiger partial charge in [-0.2, -0.15) is 0 Å². The maximum Gasteiger partial charge on any atom is 0.402 e. The van der Waals surface area contributed by atoms with Gasteiger partial charge in [-0.1, -0.05) is 6.92 Å². The average molecular weight is 286 g/mol. The topological polar surface area (TPSA) is 114 Å². The monoisotopic (exact) mass is 286 g/mol. The molecule has 0 aliphatic heterocycles. The van der Waals surface area contributed by atoms with Gasteiger partial charge in [-0.25, -0.2) is 9.78 Å². The minimum absolute atomic E-state index is 0.588. The first-order valence-electron chi connectivity index (χ1n) is 6.46. The molecule has 0 saturated heterocycles. The number of thiazole rings is 1. The summed E-state index contributed by atoms with van der Waals surface area (Å²) in [6.07, 6.45) is 3.36. The lowest BCUT2D eigenvalue weighted by Gasteiger charge is -2.22. The standard InChI is InChI=1S/C11H19N3S.CH3NO2/c1-2-5-13-8-3-4-9-10(6-8)15-11(7-12)14-9;2-1(3)4/h8,13H,2-7,12H2,1H3;2H2,(H,3,4). The lowest BCUT2D eigenvalue weighted by molar-refractivity contribution is 0.205. The Bertz CT molecular complexity index is 404. The van der Waals surface area contributed by atoms with Gasteiger partial charge in [0, 0.05) is 17.5 Å². The van der Waals surface area contributed by atoms with Crippen molar-refractivity contribution in [2.24, 2.45) is 11.5 Å². The molecule has 6 nitrogen and oxygen atoms in total. The van der Waals surface area contributed by atoms with E-state index in [-0.39, 0.29) is 0 Å². The third kappa shape index (κ3) is 5.54. The summed E-state index contributed by atoms with van der Waals surface area (Å²) in [5.41, 5.74) is 10.9. The van der Waals surface area contributed by atoms with Crippen molar-refractivity contribution in [1.29, 1.82) is 0 Å². The fourth-order valence-electron chi connectivity index (χ4n) is 2.04. The number of nitrogens with two attached hydrogens (primary N) is 2. The number of aromatic nitrogens is 1. The van der Waals surface area contributed by atoms with Crippen molar-refractivity contribution in [1.82, 2.24) is 10.3 Å². The van der Waals surface area contributed by atoms with Gasteiger partial charge in [-0.15, -0.1) is 11.3 Å². The van der Waals surface area contributed by atoms with Gasteiger partial charge in [-0.3, -0.25) is 0 Å². The van der Waals surface area contributed by atoms with Gasteiger partial charge in [0.1, 0.15) is 5.01 Å². The summed E-state index contributed by atoms with van der Waals surface area (Å²) in [5, 5.41) is 11.9. The smallest absolute Gasteiger partial charge is 0.402 e. The molecule has 108 valence electrons. The Hall–Kier alpha value is -1.18. The lowest BCUT2D eigenvalue weighted by atomic mass is 9.97. The second-order valence-corrected chi connectivity index (χ2v) is 5.58. The van der Waals surface area contributed by atoms with E-state index in [1.165, 1.54) is 23.4 Å². The van der Waals surface area contributed by atoms with E-state index in [1.54, 1.807) is 11.3 Å². The van der Waals surface area contributed by atoms with Gasteiger partial charge in [0.05, 0.1) is 5.69 Å². The molecule has 0 fully saturated rings. The molecule has 0 bridgehead atoms. The summed E-state index contributed by atoms with van der Waals surface area (Å²) < 4.78 is 0. The van der Waals surface area contributed by atoms with E-state index in [0.717, 1.165) is 24.4 Å². The van der Waals surface area contributed by atoms with Crippen molar-refractivity contribution in [3.63, 3.8) is 0 Å². The number of nitrogens with zero attached hydrogens (tertiary/aromatic N) is 1. The van der Waals surface area contributed by atoms with Crippen LogP contribution in [-0.2, 0) is 19.4 Å². The number of nitrogens with one attached hydrogen (secondary N) is 1. The van der Waals surface area contributed by atoms with Crippen LogP contribution in [-0.4, -0.2) is 28.8 Å². The van der Waals surface area contributed by atoms with E-state index in [1.807, 2.05) is 0 Å². The summed E-state index contributed by atoms with van der Waals surface area (Å²) in [5.74, 6) is 0. The van der Waals surface area contributed by atoms with Gasteiger partial charge in [0.25, 0.3) is 0 Å². The van der Waals surface area contributed by atoms with Crippen LogP contribution in [0.15, 0.2) is 0 Å². The predicted molar refractivity (Wildman–Crippen MR) is 76.3 cm³/mol. The zero-order chi connectivity index (χ0) is 14.3. The number of carboxylic acid groups (broad SMARTS) is 1. The number of primary amides is 1. The zero-order valence-electron chi connectivity index (χ0n) is 11.2. The molecule has 1 aliphatic carbocycles. The van der Waals surface area contributed by atoms with Crippen LogP contribution in [0.25, 0.3) is 0 Å². The first-order valence-corrected chi connectivity index (χ1v) is 7.27. The Balaban J connectivity index is 0.000000399. The van der Waals surface area contributed by atoms with E-state index in [9.17, 15) is 0 Å². The molecular weight excluding hydrogens is 264 g/mol. The van der Waals surface area contributed by atoms with Gasteiger partial charge >= 0.3 is 6.09 Å². The molecule has 1 unspecified atom stereocenters. The van der Waals surface area contributed by atoms with Crippen LogP contribution in [0.4, 0.5) is 4.79 Å². The summed E-state index contributed by atoms with van der Waals surface area (Å²) in [4.78, 5) is 14.8. The maximum atomic E-state index is 8.78. The van der Waals surface area contributed by atoms with Crippen molar-refractivity contribution in [3.05, 3.63) is 15.6 Å². The summed E-state index contributed by atoms with van der Waals surface area (Å²) in [7, 11) is 0. The molecule has 0 saturated carbocycles. The highest BCUT2D eigenvalue weighted by atomic mass is 32.1. The van der Waals surface area contributed by atoms with E-state index in [0.29, 0.717) is 12.6 Å². The molecule has 0 spiro atoms. The number of hydrogen-bond donors (Lipinski definition) is 4. The summed E-state index contributed by atoms with van der Waals surface area (Å²) in [6, 6.07) is 0.656. The van der Waals surface area contributed by atoms with E-state index in [2.05, 4.69) is 23.0 Å². The molecule has 1 amide bonds. The summed E-state index contributed by atoms with van der Waals surface area (Å²) in [6.45, 7) is 3.92. The van der Waals surface area contributed by atoms with Crippen LogP contribution in [0.5, 0.6) is 0 Å². The SMILES string of the molecule is CCCNC1CCc2nc(CN)sc2C1.NC(=O)O. The normalized spacial score (nSPS) is 17.3. The summed E-state index contributed by atoms with van der Waals surface area (Å²) >= 11 is 1.80. The Morgan fingerprint density at radius 1 is 1.63 bits per heavy atom. The van der Waals surface area contributed by atoms with Crippen LogP contribution >= 0.6 is 11.3 Å². The maximum absolute atomic E-state index is 8.78. The van der Waals surface area contributed by atoms with Crippen LogP contribution in [0.3, 0.4) is 0 Å². The minimum Gasteiger partial charge on any atom is -0.465 e. The first-order chi connectivity index (χ1) is 9.06. The van der Waals surface area contributed by atoms with Crippen molar-refractivity contribution in [2.75, 3.05) is 6.54 Å². The molecule has 1 heterocycles. The van der Waals surface area contributed by atoms with Crippen LogP contribution < -0.4 is 16.8 Å². The second-order valence-electron chi connectivity index (χ2n) is 4.41. The Morgan fingerprint density at radius 3 is 2.89 bits per heavy atom. The van der Waals surface area contributed by atoms with Crippen molar-refractivity contribution in [2.45, 2.75) is 45.2 Å². The second kappa shape index (κ2) is 8.08. The molecule has 2 rings (SSSR count). The van der Waals surface area contributed by atoms with Crippen molar-refractivity contribution in [3.8, 4) is 0 Å². The molecule has 1 aromatic rings. The van der Waals surface area contributed by atoms with Crippen LogP contribution in [0.2, 0.25) is 0 Å². The molecule has 0 radical (unpaired) electrons. The number of amides is 1. The fraction of sp³-hybridized carbons (Fsp3) is 0.667. The molecule has 7 heteroatoms. The fourth-order valence-corrected chi connectivity index (χ4v) is 3.11. The predicted octanol–water partition coefficient (Wildman–Crippen LogP) is 1.08. The number of hydrogen-bond acceptors (Lipinski definition) is 5. The molecule has 6 N–H and O–H groups in total. The molecular formula is C12H22N4O2S. The third-order valence-electron chi connectivity index (χ3n) is 2.84. The molecule has 1 aromatic heterocycles. The number of aryl methyl sites for hydroxylation is 1. The van der Waals surface area contributed by atoms with Crippen molar-refractivity contribution >= 4 is 17.4 Å². The Labute approximate surface area is 117 Å². The van der Waals surface area contributed by atoms with Crippen LogP contribution in [0, 0.1) is 0 Å². The van der Waals surface area contributed by atoms with E-state index in [4.69, 9.17) is 15.6 Å². The highest BCUT2D eigenvalue weighted by molar-refractivity contribution is 7.11. The number of rotatable bonds is 4. The van der Waals surface area contributed by atoms with Gasteiger partial charge in [0.2, 0.25) is 0 Å². The quantitative estimate of drug-likeness (QED) is 0.661. The Kier molecular flexibility index (Phi) is 6.75. The van der Waals surface area contributed by atoms with Gasteiger partial charge in [-0.05, 0) is 32.2 Å². The molecule has 1 aliphatic rings. The Morgan fingerprint density at radius 2 is 2.32 bits per heavy atom. The minimum atomic E-state index is -1.33. The van der Waals surface area contributed by atoms with Gasteiger partial charge in [0.15, 0.2) is 0 Å². The molecule has 19 heavy (non-hydrogen) atoms. The van der Waals surface area contributed by atoms with Crippen LogP contribution in [0.1, 0.15) is 35.3 Å². The highest BCUT2D eigenvalue weighted by Gasteiger charge is 2.21. The first kappa shape index (κ1) is 15.9. The molecule has 1 atom stereocenters. The number of carbonyl (C=O) groups is 1. The number of fused-ring (bicyclic) bond motifs is 1. The zero-order valence-corrected chi connectivity index (χ0v) is 12.0. The lowest BCUT2D eigenvalue weighted by Crippen LogP contribution is -2.34. The van der Waals surface area contributed by atoms with Crippen molar-refractivity contribution < 1.29 is 9.90 Å². The molecule has 0 aromatic carbocycles. The van der Waals surface area contributed by atoms with Gasteiger partial charge < -0.3 is 21.9 Å².